The number of nitrogens with one attached hydrogen (secondary N) is 1. The molecular formula is C16H23ClIN3O2. The summed E-state index contributed by atoms with van der Waals surface area (Å²) >= 11 is 6.16. The van der Waals surface area contributed by atoms with Gasteiger partial charge >= 0.3 is 5.97 Å². The van der Waals surface area contributed by atoms with Gasteiger partial charge in [0, 0.05) is 31.7 Å². The molecule has 1 N–H and O–H groups in total. The monoisotopic (exact) mass is 451 g/mol. The lowest BCUT2D eigenvalue weighted by molar-refractivity contribution is -0.146. The molecule has 0 radical (unpaired) electrons. The predicted molar refractivity (Wildman–Crippen MR) is 103 cm³/mol. The van der Waals surface area contributed by atoms with Crippen LogP contribution in [0, 0.1) is 5.92 Å². The Morgan fingerprint density at radius 2 is 2.04 bits per heavy atom. The Bertz CT molecular complexity index is 546. The number of piperidine rings is 1. The van der Waals surface area contributed by atoms with E-state index in [4.69, 9.17) is 16.3 Å². The summed E-state index contributed by atoms with van der Waals surface area (Å²) in [5, 5.41) is 4.07. The summed E-state index contributed by atoms with van der Waals surface area (Å²) in [6, 6.07) is 7.75. The van der Waals surface area contributed by atoms with E-state index in [1.165, 1.54) is 7.11 Å². The highest BCUT2D eigenvalue weighted by atomic mass is 127. The van der Waals surface area contributed by atoms with Gasteiger partial charge in [0.05, 0.1) is 13.0 Å². The Kier molecular flexibility index (Phi) is 8.68. The SMILES string of the molecule is CN=C(NCc1ccccc1Cl)N1CCC(C(=O)OC)CC1.I. The van der Waals surface area contributed by atoms with Crippen LogP contribution >= 0.6 is 35.6 Å². The van der Waals surface area contributed by atoms with Crippen molar-refractivity contribution in [1.82, 2.24) is 10.2 Å². The summed E-state index contributed by atoms with van der Waals surface area (Å²) in [5.41, 5.74) is 1.04. The van der Waals surface area contributed by atoms with Crippen molar-refractivity contribution in [3.8, 4) is 0 Å². The van der Waals surface area contributed by atoms with Crippen molar-refractivity contribution in [3.05, 3.63) is 34.9 Å². The number of nitrogens with zero attached hydrogens (tertiary/aromatic N) is 2. The maximum Gasteiger partial charge on any atom is 0.308 e. The summed E-state index contributed by atoms with van der Waals surface area (Å²) in [6.45, 7) is 2.22. The molecule has 5 nitrogen and oxygen atoms in total. The molecule has 0 spiro atoms. The zero-order valence-electron chi connectivity index (χ0n) is 13.4. The number of aliphatic imine (C=N–C) groups is 1. The summed E-state index contributed by atoms with van der Waals surface area (Å²) in [5.74, 6) is 0.727. The fourth-order valence-electron chi connectivity index (χ4n) is 2.64. The van der Waals surface area contributed by atoms with Crippen molar-refractivity contribution in [2.75, 3.05) is 27.2 Å². The van der Waals surface area contributed by atoms with Crippen molar-refractivity contribution in [1.29, 1.82) is 0 Å². The first-order chi connectivity index (χ1) is 10.7. The number of methoxy groups -OCH3 is 1. The van der Waals surface area contributed by atoms with E-state index in [2.05, 4.69) is 15.2 Å². The van der Waals surface area contributed by atoms with Crippen LogP contribution in [0.15, 0.2) is 29.3 Å². The van der Waals surface area contributed by atoms with E-state index < -0.39 is 0 Å². The van der Waals surface area contributed by atoms with Gasteiger partial charge in [0.15, 0.2) is 5.96 Å². The topological polar surface area (TPSA) is 53.9 Å². The average molecular weight is 452 g/mol. The van der Waals surface area contributed by atoms with Crippen molar-refractivity contribution in [2.24, 2.45) is 10.9 Å². The third kappa shape index (κ3) is 5.53. The second-order valence-electron chi connectivity index (χ2n) is 5.28. The van der Waals surface area contributed by atoms with Gasteiger partial charge in [0.25, 0.3) is 0 Å². The lowest BCUT2D eigenvalue weighted by atomic mass is 9.97. The second-order valence-corrected chi connectivity index (χ2v) is 5.68. The van der Waals surface area contributed by atoms with E-state index in [0.29, 0.717) is 6.54 Å². The molecule has 0 unspecified atom stereocenters. The largest absolute Gasteiger partial charge is 0.469 e. The number of esters is 1. The minimum atomic E-state index is -0.112. The predicted octanol–water partition coefficient (Wildman–Crippen LogP) is 2.92. The van der Waals surface area contributed by atoms with E-state index in [0.717, 1.165) is 42.5 Å². The number of ether oxygens (including phenoxy) is 1. The number of hydrogen-bond acceptors (Lipinski definition) is 3. The molecule has 23 heavy (non-hydrogen) atoms. The Balaban J connectivity index is 0.00000264. The fourth-order valence-corrected chi connectivity index (χ4v) is 2.84. The van der Waals surface area contributed by atoms with E-state index in [-0.39, 0.29) is 35.9 Å². The minimum absolute atomic E-state index is 0. The Morgan fingerprint density at radius 3 is 2.61 bits per heavy atom. The molecular weight excluding hydrogens is 429 g/mol. The molecule has 0 aromatic heterocycles. The van der Waals surface area contributed by atoms with Gasteiger partial charge in [0.1, 0.15) is 0 Å². The molecule has 1 heterocycles. The molecule has 1 aromatic carbocycles. The maximum absolute atomic E-state index is 11.6. The molecule has 0 bridgehead atoms. The zero-order chi connectivity index (χ0) is 15.9. The lowest BCUT2D eigenvalue weighted by Crippen LogP contribution is -2.46. The van der Waals surface area contributed by atoms with Gasteiger partial charge in [-0.15, -0.1) is 24.0 Å². The first-order valence-corrected chi connectivity index (χ1v) is 7.80. The van der Waals surface area contributed by atoms with Gasteiger partial charge < -0.3 is 15.0 Å². The quantitative estimate of drug-likeness (QED) is 0.332. The molecule has 1 aliphatic heterocycles. The second kappa shape index (κ2) is 9.97. The molecule has 1 aliphatic rings. The van der Waals surface area contributed by atoms with Gasteiger partial charge in [-0.2, -0.15) is 0 Å². The van der Waals surface area contributed by atoms with E-state index in [9.17, 15) is 4.79 Å². The first-order valence-electron chi connectivity index (χ1n) is 7.42. The van der Waals surface area contributed by atoms with Crippen LogP contribution in [0.3, 0.4) is 0 Å². The number of benzene rings is 1. The zero-order valence-corrected chi connectivity index (χ0v) is 16.5. The summed E-state index contributed by atoms with van der Waals surface area (Å²) in [4.78, 5) is 18.0. The van der Waals surface area contributed by atoms with E-state index in [1.807, 2.05) is 24.3 Å². The molecule has 1 aromatic rings. The fraction of sp³-hybridized carbons (Fsp3) is 0.500. The van der Waals surface area contributed by atoms with Crippen LogP contribution in [0.5, 0.6) is 0 Å². The molecule has 1 fully saturated rings. The Hall–Kier alpha value is -1.02. The number of carbonyl (C=O) groups excluding carboxylic acids is 1. The summed E-state index contributed by atoms with van der Waals surface area (Å²) < 4.78 is 4.81. The van der Waals surface area contributed by atoms with Crippen LogP contribution in [0.25, 0.3) is 0 Å². The van der Waals surface area contributed by atoms with Crippen LogP contribution in [0.2, 0.25) is 5.02 Å². The Labute approximate surface area is 159 Å². The van der Waals surface area contributed by atoms with Crippen molar-refractivity contribution in [3.63, 3.8) is 0 Å². The van der Waals surface area contributed by atoms with E-state index >= 15 is 0 Å². The minimum Gasteiger partial charge on any atom is -0.469 e. The van der Waals surface area contributed by atoms with Crippen LogP contribution in [0.4, 0.5) is 0 Å². The van der Waals surface area contributed by atoms with E-state index in [1.54, 1.807) is 7.05 Å². The highest BCUT2D eigenvalue weighted by Gasteiger charge is 2.26. The average Bonchev–Trinajstić information content (AvgIpc) is 2.56. The third-order valence-electron chi connectivity index (χ3n) is 3.94. The molecule has 2 rings (SSSR count). The van der Waals surface area contributed by atoms with Gasteiger partial charge in [-0.1, -0.05) is 29.8 Å². The van der Waals surface area contributed by atoms with Crippen LogP contribution in [-0.2, 0) is 16.1 Å². The van der Waals surface area contributed by atoms with Gasteiger partial charge in [-0.05, 0) is 24.5 Å². The van der Waals surface area contributed by atoms with Crippen LogP contribution in [0.1, 0.15) is 18.4 Å². The smallest absolute Gasteiger partial charge is 0.308 e. The maximum atomic E-state index is 11.6. The highest BCUT2D eigenvalue weighted by molar-refractivity contribution is 14.0. The molecule has 1 saturated heterocycles. The highest BCUT2D eigenvalue weighted by Crippen LogP contribution is 2.19. The molecule has 0 amide bonds. The standard InChI is InChI=1S/C16H22ClN3O2.HI/c1-18-16(19-11-13-5-3-4-6-14(13)17)20-9-7-12(8-10-20)15(21)22-2;/h3-6,12H,7-11H2,1-2H3,(H,18,19);1H. The number of hydrogen-bond donors (Lipinski definition) is 1. The molecule has 0 saturated carbocycles. The van der Waals surface area contributed by atoms with Crippen LogP contribution in [-0.4, -0.2) is 44.1 Å². The summed E-state index contributed by atoms with van der Waals surface area (Å²) in [6.07, 6.45) is 1.58. The molecule has 0 atom stereocenters. The normalized spacial score (nSPS) is 15.8. The number of halogens is 2. The third-order valence-corrected chi connectivity index (χ3v) is 4.30. The molecule has 7 heteroatoms. The number of likely N-dealkylation sites (tertiary alicyclic amines) is 1. The molecule has 0 aliphatic carbocycles. The van der Waals surface area contributed by atoms with Gasteiger partial charge in [0.2, 0.25) is 0 Å². The van der Waals surface area contributed by atoms with Crippen molar-refractivity contribution < 1.29 is 9.53 Å². The van der Waals surface area contributed by atoms with Crippen molar-refractivity contribution in [2.45, 2.75) is 19.4 Å². The summed E-state index contributed by atoms with van der Waals surface area (Å²) in [7, 11) is 3.21. The van der Waals surface area contributed by atoms with Gasteiger partial charge in [-0.25, -0.2) is 0 Å². The lowest BCUT2D eigenvalue weighted by Gasteiger charge is -2.33. The van der Waals surface area contributed by atoms with Crippen molar-refractivity contribution >= 4 is 47.5 Å². The molecule has 128 valence electrons. The Morgan fingerprint density at radius 1 is 1.39 bits per heavy atom. The number of guanidine groups is 1. The number of carbonyl (C=O) groups is 1. The first kappa shape index (κ1) is 20.0. The number of rotatable bonds is 3. The van der Waals surface area contributed by atoms with Crippen LogP contribution < -0.4 is 5.32 Å². The van der Waals surface area contributed by atoms with Gasteiger partial charge in [-0.3, -0.25) is 9.79 Å².